The number of hydrogen-bond donors (Lipinski definition) is 0. The highest BCUT2D eigenvalue weighted by molar-refractivity contribution is 7.89. The molecule has 2 aromatic carbocycles. The maximum Gasteiger partial charge on any atom is 0.292 e. The fourth-order valence-electron chi connectivity index (χ4n) is 3.86. The number of nitrogens with zero attached hydrogens (tertiary/aromatic N) is 4. The van der Waals surface area contributed by atoms with Crippen LogP contribution >= 0.6 is 0 Å². The van der Waals surface area contributed by atoms with Crippen LogP contribution in [0.4, 0.5) is 21.5 Å². The summed E-state index contributed by atoms with van der Waals surface area (Å²) in [4.78, 5) is 15.1. The Morgan fingerprint density at radius 2 is 1.55 bits per heavy atom. The van der Waals surface area contributed by atoms with Gasteiger partial charge in [-0.25, -0.2) is 12.8 Å². The summed E-state index contributed by atoms with van der Waals surface area (Å²) in [6.45, 7) is 3.61. The number of sulfonamides is 1. The Labute approximate surface area is 179 Å². The molecule has 2 aromatic rings. The minimum absolute atomic E-state index is 0.0446. The second kappa shape index (κ2) is 8.77. The van der Waals surface area contributed by atoms with Gasteiger partial charge in [0.1, 0.15) is 11.5 Å². The van der Waals surface area contributed by atoms with Crippen LogP contribution in [0.3, 0.4) is 0 Å². The molecule has 0 amide bonds. The van der Waals surface area contributed by atoms with Crippen molar-refractivity contribution in [1.82, 2.24) is 4.31 Å². The lowest BCUT2D eigenvalue weighted by molar-refractivity contribution is -0.384. The van der Waals surface area contributed by atoms with Crippen molar-refractivity contribution in [2.75, 3.05) is 62.3 Å². The summed E-state index contributed by atoms with van der Waals surface area (Å²) in [6.07, 6.45) is 0. The van der Waals surface area contributed by atoms with Crippen LogP contribution in [0.1, 0.15) is 0 Å². The Morgan fingerprint density at radius 3 is 2.16 bits per heavy atom. The summed E-state index contributed by atoms with van der Waals surface area (Å²) >= 11 is 0. The smallest absolute Gasteiger partial charge is 0.292 e. The van der Waals surface area contributed by atoms with Crippen molar-refractivity contribution in [1.29, 1.82) is 0 Å². The van der Waals surface area contributed by atoms with E-state index in [1.165, 1.54) is 22.5 Å². The normalized spacial score (nSPS) is 18.2. The van der Waals surface area contributed by atoms with Crippen molar-refractivity contribution >= 4 is 27.1 Å². The zero-order valence-electron chi connectivity index (χ0n) is 16.8. The number of ether oxygens (including phenoxy) is 1. The Hall–Kier alpha value is -2.76. The molecule has 11 heteroatoms. The quantitative estimate of drug-likeness (QED) is 0.508. The summed E-state index contributed by atoms with van der Waals surface area (Å²) in [5.41, 5.74) is 1.40. The van der Waals surface area contributed by atoms with Crippen LogP contribution in [0.25, 0.3) is 0 Å². The molecular weight excluding hydrogens is 427 g/mol. The molecule has 0 atom stereocenters. The third kappa shape index (κ3) is 4.48. The first-order valence-corrected chi connectivity index (χ1v) is 11.4. The second-order valence-electron chi connectivity index (χ2n) is 7.37. The summed E-state index contributed by atoms with van der Waals surface area (Å²) in [6, 6.07) is 9.80. The van der Waals surface area contributed by atoms with Gasteiger partial charge in [-0.1, -0.05) is 0 Å². The lowest BCUT2D eigenvalue weighted by Gasteiger charge is -2.36. The number of nitro benzene ring substituents is 1. The van der Waals surface area contributed by atoms with Crippen molar-refractivity contribution in [2.45, 2.75) is 4.90 Å². The van der Waals surface area contributed by atoms with E-state index < -0.39 is 15.8 Å². The Morgan fingerprint density at radius 1 is 0.903 bits per heavy atom. The fourth-order valence-corrected chi connectivity index (χ4v) is 5.28. The third-order valence-electron chi connectivity index (χ3n) is 5.56. The van der Waals surface area contributed by atoms with E-state index in [0.717, 1.165) is 17.8 Å². The van der Waals surface area contributed by atoms with E-state index in [-0.39, 0.29) is 28.6 Å². The molecule has 2 fully saturated rings. The van der Waals surface area contributed by atoms with E-state index in [9.17, 15) is 22.9 Å². The maximum atomic E-state index is 13.1. The van der Waals surface area contributed by atoms with Crippen LogP contribution < -0.4 is 9.80 Å². The number of benzene rings is 2. The van der Waals surface area contributed by atoms with Crippen LogP contribution in [0, 0.1) is 15.9 Å². The lowest BCUT2D eigenvalue weighted by atomic mass is 10.2. The molecule has 2 aliphatic rings. The maximum absolute atomic E-state index is 13.1. The van der Waals surface area contributed by atoms with E-state index in [1.807, 2.05) is 9.80 Å². The molecule has 0 saturated carbocycles. The van der Waals surface area contributed by atoms with Crippen molar-refractivity contribution in [3.05, 3.63) is 58.4 Å². The van der Waals surface area contributed by atoms with Gasteiger partial charge in [-0.15, -0.1) is 0 Å². The molecule has 0 N–H and O–H groups in total. The number of hydrogen-bond acceptors (Lipinski definition) is 7. The minimum Gasteiger partial charge on any atom is -0.378 e. The first-order valence-electron chi connectivity index (χ1n) is 9.98. The van der Waals surface area contributed by atoms with Gasteiger partial charge in [0.05, 0.1) is 23.0 Å². The Bertz CT molecular complexity index is 1050. The highest BCUT2D eigenvalue weighted by Gasteiger charge is 2.30. The molecule has 2 saturated heterocycles. The van der Waals surface area contributed by atoms with Crippen LogP contribution in [-0.4, -0.2) is 70.1 Å². The van der Waals surface area contributed by atoms with Crippen LogP contribution in [0.5, 0.6) is 0 Å². The van der Waals surface area contributed by atoms with E-state index in [1.54, 1.807) is 12.1 Å². The monoisotopic (exact) mass is 450 g/mol. The molecule has 2 aliphatic heterocycles. The van der Waals surface area contributed by atoms with Gasteiger partial charge in [0.2, 0.25) is 10.0 Å². The zero-order chi connectivity index (χ0) is 22.0. The van der Waals surface area contributed by atoms with Gasteiger partial charge in [-0.05, 0) is 36.4 Å². The standard InChI is InChI=1S/C20H23FN4O5S/c21-16-1-4-18(5-2-16)31(28,29)24-9-7-22(8-10-24)17-3-6-19(25(26)27)20(15-17)23-11-13-30-14-12-23/h1-6,15H,7-14H2. The van der Waals surface area contributed by atoms with Crippen molar-refractivity contribution in [3.63, 3.8) is 0 Å². The van der Waals surface area contributed by atoms with Gasteiger partial charge in [-0.2, -0.15) is 4.31 Å². The molecule has 166 valence electrons. The molecule has 0 radical (unpaired) electrons. The number of piperazine rings is 1. The van der Waals surface area contributed by atoms with Gasteiger partial charge in [0.15, 0.2) is 0 Å². The topological polar surface area (TPSA) is 96.2 Å². The molecule has 9 nitrogen and oxygen atoms in total. The molecule has 31 heavy (non-hydrogen) atoms. The highest BCUT2D eigenvalue weighted by atomic mass is 32.2. The molecule has 0 bridgehead atoms. The van der Waals surface area contributed by atoms with E-state index in [0.29, 0.717) is 45.1 Å². The number of halogens is 1. The second-order valence-corrected chi connectivity index (χ2v) is 9.31. The summed E-state index contributed by atoms with van der Waals surface area (Å²) in [5, 5.41) is 11.5. The fraction of sp³-hybridized carbons (Fsp3) is 0.400. The predicted octanol–water partition coefficient (Wildman–Crippen LogP) is 2.08. The van der Waals surface area contributed by atoms with Crippen molar-refractivity contribution < 1.29 is 22.5 Å². The average Bonchev–Trinajstić information content (AvgIpc) is 2.79. The number of nitro groups is 1. The lowest BCUT2D eigenvalue weighted by Crippen LogP contribution is -2.48. The average molecular weight is 450 g/mol. The van der Waals surface area contributed by atoms with Gasteiger partial charge in [0.25, 0.3) is 5.69 Å². The Balaban J connectivity index is 1.50. The molecular formula is C20H23FN4O5S. The summed E-state index contributed by atoms with van der Waals surface area (Å²) < 4.78 is 45.5. The Kier molecular flexibility index (Phi) is 6.08. The van der Waals surface area contributed by atoms with Crippen LogP contribution in [0.15, 0.2) is 47.4 Å². The van der Waals surface area contributed by atoms with Gasteiger partial charge >= 0.3 is 0 Å². The predicted molar refractivity (Wildman–Crippen MR) is 114 cm³/mol. The van der Waals surface area contributed by atoms with Gasteiger partial charge in [-0.3, -0.25) is 10.1 Å². The number of anilines is 2. The van der Waals surface area contributed by atoms with E-state index in [2.05, 4.69) is 0 Å². The molecule has 2 heterocycles. The summed E-state index contributed by atoms with van der Waals surface area (Å²) in [7, 11) is -3.70. The van der Waals surface area contributed by atoms with Crippen LogP contribution in [0.2, 0.25) is 0 Å². The zero-order valence-corrected chi connectivity index (χ0v) is 17.6. The first-order chi connectivity index (χ1) is 14.9. The third-order valence-corrected chi connectivity index (χ3v) is 7.48. The van der Waals surface area contributed by atoms with E-state index >= 15 is 0 Å². The molecule has 0 spiro atoms. The highest BCUT2D eigenvalue weighted by Crippen LogP contribution is 2.33. The molecule has 4 rings (SSSR count). The largest absolute Gasteiger partial charge is 0.378 e. The number of morpholine rings is 1. The van der Waals surface area contributed by atoms with E-state index in [4.69, 9.17) is 4.74 Å². The summed E-state index contributed by atoms with van der Waals surface area (Å²) in [5.74, 6) is -0.488. The number of rotatable bonds is 5. The first kappa shape index (κ1) is 21.5. The van der Waals surface area contributed by atoms with Crippen LogP contribution in [-0.2, 0) is 14.8 Å². The minimum atomic E-state index is -3.70. The van der Waals surface area contributed by atoms with Gasteiger partial charge in [0, 0.05) is 51.0 Å². The molecule has 0 unspecified atom stereocenters. The molecule has 0 aliphatic carbocycles. The van der Waals surface area contributed by atoms with Gasteiger partial charge < -0.3 is 14.5 Å². The van der Waals surface area contributed by atoms with Crippen molar-refractivity contribution in [2.24, 2.45) is 0 Å². The molecule has 0 aromatic heterocycles. The SMILES string of the molecule is O=[N+]([O-])c1ccc(N2CCN(S(=O)(=O)c3ccc(F)cc3)CC2)cc1N1CCOCC1. The van der Waals surface area contributed by atoms with Crippen molar-refractivity contribution in [3.8, 4) is 0 Å².